The third-order valence-corrected chi connectivity index (χ3v) is 9.22. The van der Waals surface area contributed by atoms with Gasteiger partial charge in [0.05, 0.1) is 17.0 Å². The zero-order chi connectivity index (χ0) is 23.8. The number of benzene rings is 2. The van der Waals surface area contributed by atoms with E-state index < -0.39 is 37.1 Å². The predicted molar refractivity (Wildman–Crippen MR) is 123 cm³/mol. The minimum atomic E-state index is -4.31. The number of nitrogens with zero attached hydrogens (tertiary/aromatic N) is 2. The number of hydrogen-bond donors (Lipinski definition) is 1. The third-order valence-electron chi connectivity index (χ3n) is 5.28. The molecule has 1 aliphatic heterocycles. The summed E-state index contributed by atoms with van der Waals surface area (Å²) in [6, 6.07) is 12.5. The Balaban J connectivity index is 1.87. The number of esters is 1. The molecule has 0 aliphatic carbocycles. The van der Waals surface area contributed by atoms with Crippen LogP contribution >= 0.6 is 11.6 Å². The molecule has 12 heteroatoms. The first-order valence-electron chi connectivity index (χ1n) is 10.2. The number of hydrogen-bond acceptors (Lipinski definition) is 7. The molecule has 1 unspecified atom stereocenters. The van der Waals surface area contributed by atoms with Crippen LogP contribution in [0.25, 0.3) is 10.9 Å². The van der Waals surface area contributed by atoms with Gasteiger partial charge >= 0.3 is 5.97 Å². The maximum atomic E-state index is 13.7. The number of aromatic nitrogens is 1. The fourth-order valence-corrected chi connectivity index (χ4v) is 7.45. The number of carbonyl (C=O) groups is 1. The Morgan fingerprint density at radius 1 is 1.09 bits per heavy atom. The van der Waals surface area contributed by atoms with Gasteiger partial charge in [0.15, 0.2) is 5.03 Å². The Kier molecular flexibility index (Phi) is 6.52. The molecular formula is C21H22ClN3O6S2. The van der Waals surface area contributed by atoms with Crippen molar-refractivity contribution in [1.82, 2.24) is 13.6 Å². The summed E-state index contributed by atoms with van der Waals surface area (Å²) in [6.07, 6.45) is 0. The molecule has 0 amide bonds. The summed E-state index contributed by atoms with van der Waals surface area (Å²) < 4.78 is 61.4. The van der Waals surface area contributed by atoms with Gasteiger partial charge in [-0.1, -0.05) is 29.8 Å². The molecule has 1 aliphatic rings. The van der Waals surface area contributed by atoms with E-state index in [1.807, 2.05) is 0 Å². The Bertz CT molecular complexity index is 1400. The fourth-order valence-electron chi connectivity index (χ4n) is 3.74. The summed E-state index contributed by atoms with van der Waals surface area (Å²) in [4.78, 5) is 12.1. The molecule has 4 rings (SSSR count). The number of ether oxygens (including phenoxy) is 1. The van der Waals surface area contributed by atoms with Gasteiger partial charge < -0.3 is 10.1 Å². The van der Waals surface area contributed by atoms with Crippen molar-refractivity contribution in [3.63, 3.8) is 0 Å². The second-order valence-corrected chi connectivity index (χ2v) is 11.5. The highest BCUT2D eigenvalue weighted by molar-refractivity contribution is 7.92. The summed E-state index contributed by atoms with van der Waals surface area (Å²) in [5, 5.41) is 3.21. The van der Waals surface area contributed by atoms with Crippen LogP contribution in [0.5, 0.6) is 0 Å². The van der Waals surface area contributed by atoms with Crippen molar-refractivity contribution in [2.24, 2.45) is 0 Å². The van der Waals surface area contributed by atoms with E-state index in [-0.39, 0.29) is 36.7 Å². The number of carbonyl (C=O) groups excluding carboxylic acids is 1. The van der Waals surface area contributed by atoms with Crippen LogP contribution in [0.2, 0.25) is 5.02 Å². The summed E-state index contributed by atoms with van der Waals surface area (Å²) >= 11 is 6.08. The second-order valence-electron chi connectivity index (χ2n) is 7.39. The van der Waals surface area contributed by atoms with E-state index in [4.69, 9.17) is 16.3 Å². The van der Waals surface area contributed by atoms with Crippen LogP contribution in [0.15, 0.2) is 64.5 Å². The van der Waals surface area contributed by atoms with Crippen molar-refractivity contribution in [3.05, 3.63) is 59.6 Å². The monoisotopic (exact) mass is 511 g/mol. The van der Waals surface area contributed by atoms with E-state index in [0.717, 1.165) is 8.28 Å². The molecule has 0 bridgehead atoms. The highest BCUT2D eigenvalue weighted by Gasteiger charge is 2.38. The van der Waals surface area contributed by atoms with Gasteiger partial charge in [-0.15, -0.1) is 0 Å². The topological polar surface area (TPSA) is 115 Å². The Morgan fingerprint density at radius 2 is 1.82 bits per heavy atom. The summed E-state index contributed by atoms with van der Waals surface area (Å²) in [5.74, 6) is -0.568. The number of nitrogens with one attached hydrogen (secondary N) is 1. The highest BCUT2D eigenvalue weighted by Crippen LogP contribution is 2.32. The van der Waals surface area contributed by atoms with E-state index in [2.05, 4.69) is 5.32 Å². The minimum absolute atomic E-state index is 0.0568. The summed E-state index contributed by atoms with van der Waals surface area (Å²) in [5.41, 5.74) is 0.180. The Hall–Kier alpha value is -2.44. The van der Waals surface area contributed by atoms with Gasteiger partial charge in [0.1, 0.15) is 6.04 Å². The van der Waals surface area contributed by atoms with Crippen molar-refractivity contribution < 1.29 is 26.4 Å². The van der Waals surface area contributed by atoms with Crippen LogP contribution in [0.3, 0.4) is 0 Å². The maximum absolute atomic E-state index is 13.7. The van der Waals surface area contributed by atoms with E-state index in [0.29, 0.717) is 10.4 Å². The highest BCUT2D eigenvalue weighted by atomic mass is 35.5. The van der Waals surface area contributed by atoms with Gasteiger partial charge in [0.25, 0.3) is 20.0 Å². The molecule has 1 atom stereocenters. The zero-order valence-corrected chi connectivity index (χ0v) is 20.0. The molecular weight excluding hydrogens is 490 g/mol. The Labute approximate surface area is 197 Å². The smallest absolute Gasteiger partial charge is 0.324 e. The van der Waals surface area contributed by atoms with Crippen LogP contribution in [0.4, 0.5) is 0 Å². The lowest BCUT2D eigenvalue weighted by atomic mass is 10.2. The van der Waals surface area contributed by atoms with Crippen LogP contribution in [-0.4, -0.2) is 63.4 Å². The summed E-state index contributed by atoms with van der Waals surface area (Å²) in [6.45, 7) is 1.91. The molecule has 33 heavy (non-hydrogen) atoms. The van der Waals surface area contributed by atoms with Crippen molar-refractivity contribution in [3.8, 4) is 0 Å². The first-order valence-corrected chi connectivity index (χ1v) is 13.4. The van der Waals surface area contributed by atoms with Gasteiger partial charge in [-0.05, 0) is 43.3 Å². The molecule has 1 N–H and O–H groups in total. The lowest BCUT2D eigenvalue weighted by Crippen LogP contribution is -2.56. The zero-order valence-electron chi connectivity index (χ0n) is 17.6. The fraction of sp³-hybridized carbons (Fsp3) is 0.286. The van der Waals surface area contributed by atoms with Crippen LogP contribution in [-0.2, 0) is 29.6 Å². The third kappa shape index (κ3) is 4.38. The number of halogens is 1. The number of piperazine rings is 1. The van der Waals surface area contributed by atoms with Crippen molar-refractivity contribution in [2.75, 3.05) is 26.2 Å². The average molecular weight is 512 g/mol. The molecule has 2 aromatic carbocycles. The SMILES string of the molecule is CCOC(=O)C1CN(S(=O)(=O)c2cc3cc(Cl)ccc3n2S(=O)(=O)c2ccccc2)CCN1. The molecule has 3 aromatic rings. The molecule has 0 spiro atoms. The molecule has 0 radical (unpaired) electrons. The molecule has 176 valence electrons. The van der Waals surface area contributed by atoms with E-state index in [9.17, 15) is 21.6 Å². The largest absolute Gasteiger partial charge is 0.465 e. The molecule has 0 saturated carbocycles. The molecule has 1 aromatic heterocycles. The van der Waals surface area contributed by atoms with Gasteiger partial charge in [0.2, 0.25) is 0 Å². The molecule has 1 saturated heterocycles. The second kappa shape index (κ2) is 9.07. The van der Waals surface area contributed by atoms with Crippen LogP contribution in [0, 0.1) is 0 Å². The van der Waals surface area contributed by atoms with Gasteiger partial charge in [-0.3, -0.25) is 4.79 Å². The van der Waals surface area contributed by atoms with Crippen LogP contribution < -0.4 is 5.32 Å². The average Bonchev–Trinajstić information content (AvgIpc) is 3.20. The molecule has 2 heterocycles. The quantitative estimate of drug-likeness (QED) is 0.504. The standard InChI is InChI=1S/C21H22ClN3O6S2/c1-2-31-21(26)18-14-24(11-10-23-18)33(29,30)20-13-15-12-16(22)8-9-19(15)25(20)32(27,28)17-6-4-3-5-7-17/h3-9,12-13,18,23H,2,10-11,14H2,1H3. The van der Waals surface area contributed by atoms with Crippen molar-refractivity contribution in [1.29, 1.82) is 0 Å². The normalized spacial score (nSPS) is 17.8. The van der Waals surface area contributed by atoms with Crippen molar-refractivity contribution >= 4 is 48.5 Å². The summed E-state index contributed by atoms with van der Waals surface area (Å²) in [7, 11) is -8.58. The first-order chi connectivity index (χ1) is 15.7. The number of rotatable bonds is 6. The van der Waals surface area contributed by atoms with Gasteiger partial charge in [-0.25, -0.2) is 20.8 Å². The van der Waals surface area contributed by atoms with Gasteiger partial charge in [-0.2, -0.15) is 4.31 Å². The molecule has 1 fully saturated rings. The van der Waals surface area contributed by atoms with E-state index in [1.54, 1.807) is 25.1 Å². The number of sulfonamides is 1. The van der Waals surface area contributed by atoms with Gasteiger partial charge in [0, 0.05) is 30.0 Å². The lowest BCUT2D eigenvalue weighted by molar-refractivity contribution is -0.146. The van der Waals surface area contributed by atoms with E-state index in [1.165, 1.54) is 36.4 Å². The molecule has 9 nitrogen and oxygen atoms in total. The predicted octanol–water partition coefficient (Wildman–Crippen LogP) is 2.06. The minimum Gasteiger partial charge on any atom is -0.465 e. The van der Waals surface area contributed by atoms with Crippen LogP contribution in [0.1, 0.15) is 6.92 Å². The van der Waals surface area contributed by atoms with E-state index >= 15 is 0 Å². The lowest BCUT2D eigenvalue weighted by Gasteiger charge is -2.31. The number of fused-ring (bicyclic) bond motifs is 1. The Morgan fingerprint density at radius 3 is 2.52 bits per heavy atom. The van der Waals surface area contributed by atoms with Crippen molar-refractivity contribution in [2.45, 2.75) is 22.9 Å². The first kappa shape index (κ1) is 23.7. The maximum Gasteiger partial charge on any atom is 0.324 e.